The molecular weight excluding hydrogens is 383 g/mol. The molecule has 0 aromatic heterocycles. The summed E-state index contributed by atoms with van der Waals surface area (Å²) >= 11 is 11.7. The third-order valence-electron chi connectivity index (χ3n) is 4.19. The molecule has 134 valence electrons. The largest absolute Gasteiger partial charge is 0.505 e. The number of nitrogens with zero attached hydrogens (tertiary/aromatic N) is 2. The van der Waals surface area contributed by atoms with E-state index in [2.05, 4.69) is 17.0 Å². The molecule has 0 saturated carbocycles. The van der Waals surface area contributed by atoms with Crippen molar-refractivity contribution in [3.05, 3.63) is 58.1 Å². The maximum absolute atomic E-state index is 12.8. The molecule has 2 aromatic rings. The van der Waals surface area contributed by atoms with Gasteiger partial charge < -0.3 is 5.11 Å². The molecule has 1 aliphatic rings. The van der Waals surface area contributed by atoms with E-state index in [-0.39, 0.29) is 14.9 Å². The van der Waals surface area contributed by atoms with Crippen LogP contribution in [0.3, 0.4) is 0 Å². The number of hydrogen-bond donors (Lipinski definition) is 1. The Balaban J connectivity index is 1.72. The number of hydrogen-bond acceptors (Lipinski definition) is 4. The van der Waals surface area contributed by atoms with Crippen LogP contribution in [0.1, 0.15) is 5.56 Å². The first-order valence-corrected chi connectivity index (χ1v) is 10.0. The van der Waals surface area contributed by atoms with E-state index in [0.717, 1.165) is 6.54 Å². The molecule has 1 saturated heterocycles. The first-order valence-electron chi connectivity index (χ1n) is 7.82. The maximum atomic E-state index is 12.8. The lowest BCUT2D eigenvalue weighted by molar-refractivity contribution is 0.181. The monoisotopic (exact) mass is 400 g/mol. The molecule has 0 unspecified atom stereocenters. The lowest BCUT2D eigenvalue weighted by Gasteiger charge is -2.34. The average Bonchev–Trinajstić information content (AvgIpc) is 2.59. The summed E-state index contributed by atoms with van der Waals surface area (Å²) in [7, 11) is -3.85. The molecular formula is C17H18Cl2N2O3S. The normalized spacial score (nSPS) is 16.9. The molecule has 0 spiro atoms. The summed E-state index contributed by atoms with van der Waals surface area (Å²) < 4.78 is 27.0. The number of rotatable bonds is 4. The summed E-state index contributed by atoms with van der Waals surface area (Å²) in [5, 5.41) is 10.1. The van der Waals surface area contributed by atoms with Gasteiger partial charge in [-0.25, -0.2) is 8.42 Å². The molecule has 0 atom stereocenters. The number of phenols is 1. The average molecular weight is 401 g/mol. The molecule has 1 heterocycles. The smallest absolute Gasteiger partial charge is 0.246 e. The van der Waals surface area contributed by atoms with Gasteiger partial charge in [-0.1, -0.05) is 53.5 Å². The van der Waals surface area contributed by atoms with E-state index in [0.29, 0.717) is 26.2 Å². The lowest BCUT2D eigenvalue weighted by atomic mass is 10.2. The fourth-order valence-electron chi connectivity index (χ4n) is 2.85. The van der Waals surface area contributed by atoms with Crippen LogP contribution in [0.2, 0.25) is 10.0 Å². The Hall–Kier alpha value is -1.31. The van der Waals surface area contributed by atoms with Gasteiger partial charge in [-0.2, -0.15) is 4.31 Å². The van der Waals surface area contributed by atoms with Gasteiger partial charge in [-0.3, -0.25) is 4.90 Å². The minimum Gasteiger partial charge on any atom is -0.505 e. The van der Waals surface area contributed by atoms with Gasteiger partial charge in [-0.15, -0.1) is 0 Å². The molecule has 3 rings (SSSR count). The highest BCUT2D eigenvalue weighted by Crippen LogP contribution is 2.35. The van der Waals surface area contributed by atoms with Crippen molar-refractivity contribution in [3.63, 3.8) is 0 Å². The van der Waals surface area contributed by atoms with Gasteiger partial charge in [0.2, 0.25) is 10.0 Å². The van der Waals surface area contributed by atoms with Gasteiger partial charge in [0.15, 0.2) is 5.75 Å². The molecule has 0 bridgehead atoms. The molecule has 2 aromatic carbocycles. The quantitative estimate of drug-likeness (QED) is 0.855. The topological polar surface area (TPSA) is 60.9 Å². The van der Waals surface area contributed by atoms with Crippen LogP contribution in [0.5, 0.6) is 5.75 Å². The van der Waals surface area contributed by atoms with Gasteiger partial charge in [-0.05, 0) is 17.7 Å². The van der Waals surface area contributed by atoms with Crippen molar-refractivity contribution in [3.8, 4) is 5.75 Å². The summed E-state index contributed by atoms with van der Waals surface area (Å²) in [5.41, 5.74) is 1.19. The van der Waals surface area contributed by atoms with Crippen LogP contribution in [0.15, 0.2) is 47.4 Å². The van der Waals surface area contributed by atoms with Crippen LogP contribution < -0.4 is 0 Å². The Morgan fingerprint density at radius 1 is 1.00 bits per heavy atom. The summed E-state index contributed by atoms with van der Waals surface area (Å²) in [5.74, 6) is -0.460. The van der Waals surface area contributed by atoms with Crippen molar-refractivity contribution in [2.45, 2.75) is 11.4 Å². The highest BCUT2D eigenvalue weighted by Gasteiger charge is 2.31. The number of piperazine rings is 1. The highest BCUT2D eigenvalue weighted by molar-refractivity contribution is 7.89. The second kappa shape index (κ2) is 7.51. The Morgan fingerprint density at radius 3 is 2.28 bits per heavy atom. The van der Waals surface area contributed by atoms with E-state index in [1.165, 1.54) is 22.0 Å². The number of halogens is 2. The first kappa shape index (κ1) is 18.5. The van der Waals surface area contributed by atoms with Crippen molar-refractivity contribution in [2.24, 2.45) is 0 Å². The zero-order chi connectivity index (χ0) is 18.0. The van der Waals surface area contributed by atoms with Gasteiger partial charge in [0.05, 0.1) is 5.02 Å². The molecule has 25 heavy (non-hydrogen) atoms. The van der Waals surface area contributed by atoms with Crippen LogP contribution in [0.4, 0.5) is 0 Å². The SMILES string of the molecule is O=S(=O)(c1cc(Cl)cc(Cl)c1O)N1CCN(Cc2ccccc2)CC1. The predicted octanol–water partition coefficient (Wildman–Crippen LogP) is 3.21. The van der Waals surface area contributed by atoms with Crippen LogP contribution >= 0.6 is 23.2 Å². The number of benzene rings is 2. The molecule has 8 heteroatoms. The van der Waals surface area contributed by atoms with Crippen LogP contribution in [0, 0.1) is 0 Å². The van der Waals surface area contributed by atoms with Crippen molar-refractivity contribution in [2.75, 3.05) is 26.2 Å². The minimum absolute atomic E-state index is 0.0752. The van der Waals surface area contributed by atoms with Crippen molar-refractivity contribution >= 4 is 33.2 Å². The number of sulfonamides is 1. The second-order valence-corrected chi connectivity index (χ2v) is 8.65. The second-order valence-electron chi connectivity index (χ2n) is 5.90. The Kier molecular flexibility index (Phi) is 5.55. The Labute approximate surface area is 157 Å². The highest BCUT2D eigenvalue weighted by atomic mass is 35.5. The summed E-state index contributed by atoms with van der Waals surface area (Å²) in [4.78, 5) is 1.95. The molecule has 0 amide bonds. The predicted molar refractivity (Wildman–Crippen MR) is 98.6 cm³/mol. The van der Waals surface area contributed by atoms with E-state index < -0.39 is 15.8 Å². The van der Waals surface area contributed by atoms with Crippen LogP contribution in [-0.2, 0) is 16.6 Å². The van der Waals surface area contributed by atoms with Crippen molar-refractivity contribution in [1.82, 2.24) is 9.21 Å². The minimum atomic E-state index is -3.85. The van der Waals surface area contributed by atoms with E-state index in [4.69, 9.17) is 23.2 Å². The molecule has 1 N–H and O–H groups in total. The number of aromatic hydroxyl groups is 1. The lowest BCUT2D eigenvalue weighted by Crippen LogP contribution is -2.48. The summed E-state index contributed by atoms with van der Waals surface area (Å²) in [6, 6.07) is 12.6. The molecule has 1 fully saturated rings. The van der Waals surface area contributed by atoms with Gasteiger partial charge in [0.25, 0.3) is 0 Å². The van der Waals surface area contributed by atoms with E-state index in [9.17, 15) is 13.5 Å². The summed E-state index contributed by atoms with van der Waals surface area (Å²) in [6.07, 6.45) is 0. The van der Waals surface area contributed by atoms with E-state index >= 15 is 0 Å². The Bertz CT molecular complexity index is 852. The fourth-order valence-corrected chi connectivity index (χ4v) is 5.01. The van der Waals surface area contributed by atoms with Crippen LogP contribution in [0.25, 0.3) is 0 Å². The molecule has 0 radical (unpaired) electrons. The zero-order valence-electron chi connectivity index (χ0n) is 13.4. The van der Waals surface area contributed by atoms with Crippen molar-refractivity contribution in [1.29, 1.82) is 0 Å². The third kappa shape index (κ3) is 4.10. The van der Waals surface area contributed by atoms with Gasteiger partial charge in [0.1, 0.15) is 4.90 Å². The fraction of sp³-hybridized carbons (Fsp3) is 0.294. The van der Waals surface area contributed by atoms with E-state index in [1.807, 2.05) is 18.2 Å². The standard InChI is InChI=1S/C17H18Cl2N2O3S/c18-14-10-15(19)17(22)16(11-14)25(23,24)21-8-6-20(7-9-21)12-13-4-2-1-3-5-13/h1-5,10-11,22H,6-9,12H2. The zero-order valence-corrected chi connectivity index (χ0v) is 15.7. The molecule has 5 nitrogen and oxygen atoms in total. The third-order valence-corrected chi connectivity index (χ3v) is 6.61. The van der Waals surface area contributed by atoms with Gasteiger partial charge >= 0.3 is 0 Å². The van der Waals surface area contributed by atoms with E-state index in [1.54, 1.807) is 0 Å². The molecule has 1 aliphatic heterocycles. The van der Waals surface area contributed by atoms with Crippen LogP contribution in [-0.4, -0.2) is 48.9 Å². The van der Waals surface area contributed by atoms with Gasteiger partial charge in [0, 0.05) is 37.7 Å². The Morgan fingerprint density at radius 2 is 1.64 bits per heavy atom. The first-order chi connectivity index (χ1) is 11.9. The number of phenolic OH excluding ortho intramolecular Hbond substituents is 1. The maximum Gasteiger partial charge on any atom is 0.246 e. The van der Waals surface area contributed by atoms with Crippen molar-refractivity contribution < 1.29 is 13.5 Å². The molecule has 0 aliphatic carbocycles. The summed E-state index contributed by atoms with van der Waals surface area (Å²) in [6.45, 7) is 2.70.